The predicted molar refractivity (Wildman–Crippen MR) is 79.6 cm³/mol. The summed E-state index contributed by atoms with van der Waals surface area (Å²) in [7, 11) is 1.98. The Morgan fingerprint density at radius 3 is 2.47 bits per heavy atom. The first-order chi connectivity index (χ1) is 8.91. The summed E-state index contributed by atoms with van der Waals surface area (Å²) in [4.78, 5) is 2.08. The minimum absolute atomic E-state index is 0.140. The molecule has 0 heterocycles. The van der Waals surface area contributed by atoms with E-state index >= 15 is 0 Å². The molecule has 1 aromatic rings. The van der Waals surface area contributed by atoms with Gasteiger partial charge in [-0.25, -0.2) is 0 Å². The third-order valence-electron chi connectivity index (χ3n) is 3.14. The number of hydrogen-bond acceptors (Lipinski definition) is 3. The van der Waals surface area contributed by atoms with Crippen molar-refractivity contribution in [3.8, 4) is 0 Å². The molecule has 4 heteroatoms. The molecule has 0 aliphatic heterocycles. The molecule has 0 fully saturated rings. The number of hydrogen-bond donors (Lipinski definition) is 1. The van der Waals surface area contributed by atoms with E-state index in [1.165, 1.54) is 0 Å². The van der Waals surface area contributed by atoms with Gasteiger partial charge in [0.25, 0.3) is 0 Å². The molecule has 0 aliphatic rings. The summed E-state index contributed by atoms with van der Waals surface area (Å²) in [5, 5.41) is 10.7. The molecule has 0 radical (unpaired) electrons. The van der Waals surface area contributed by atoms with Crippen molar-refractivity contribution in [1.29, 1.82) is 0 Å². The number of likely N-dealkylation sites (N-methyl/N-ethyl adjacent to an activating group) is 1. The van der Waals surface area contributed by atoms with Crippen molar-refractivity contribution >= 4 is 11.6 Å². The van der Waals surface area contributed by atoms with E-state index in [1.54, 1.807) is 0 Å². The van der Waals surface area contributed by atoms with Gasteiger partial charge in [0.1, 0.15) is 0 Å². The summed E-state index contributed by atoms with van der Waals surface area (Å²) < 4.78 is 5.41. The highest BCUT2D eigenvalue weighted by atomic mass is 35.5. The molecule has 0 bridgehead atoms. The second kappa shape index (κ2) is 7.85. The van der Waals surface area contributed by atoms with Crippen molar-refractivity contribution in [3.63, 3.8) is 0 Å². The zero-order valence-corrected chi connectivity index (χ0v) is 12.9. The Balaban J connectivity index is 2.53. The van der Waals surface area contributed by atoms with Gasteiger partial charge in [0.15, 0.2) is 0 Å². The fourth-order valence-corrected chi connectivity index (χ4v) is 2.19. The fourth-order valence-electron chi connectivity index (χ4n) is 1.90. The van der Waals surface area contributed by atoms with Crippen molar-refractivity contribution in [2.24, 2.45) is 0 Å². The van der Waals surface area contributed by atoms with Gasteiger partial charge in [-0.05, 0) is 39.4 Å². The van der Waals surface area contributed by atoms with Gasteiger partial charge >= 0.3 is 0 Å². The van der Waals surface area contributed by atoms with Crippen LogP contribution >= 0.6 is 11.6 Å². The third kappa shape index (κ3) is 5.49. The average molecular weight is 286 g/mol. The number of ether oxygens (including phenoxy) is 1. The van der Waals surface area contributed by atoms with Gasteiger partial charge in [-0.3, -0.25) is 4.90 Å². The number of halogens is 1. The molecule has 0 saturated heterocycles. The second-order valence-corrected chi connectivity index (χ2v) is 5.58. The van der Waals surface area contributed by atoms with Gasteiger partial charge in [0.2, 0.25) is 0 Å². The Bertz CT molecular complexity index is 384. The van der Waals surface area contributed by atoms with Crippen LogP contribution in [0.2, 0.25) is 5.02 Å². The lowest BCUT2D eigenvalue weighted by Gasteiger charge is -2.28. The van der Waals surface area contributed by atoms with Crippen LogP contribution in [0.1, 0.15) is 32.4 Å². The van der Waals surface area contributed by atoms with E-state index in [4.69, 9.17) is 16.3 Å². The zero-order valence-electron chi connectivity index (χ0n) is 12.1. The first kappa shape index (κ1) is 16.4. The fraction of sp³-hybridized carbons (Fsp3) is 0.600. The number of aliphatic hydroxyl groups excluding tert-OH is 1. The molecule has 2 atom stereocenters. The Morgan fingerprint density at radius 2 is 1.89 bits per heavy atom. The first-order valence-electron chi connectivity index (χ1n) is 6.66. The van der Waals surface area contributed by atoms with Gasteiger partial charge in [0, 0.05) is 17.6 Å². The first-order valence-corrected chi connectivity index (χ1v) is 7.04. The minimum Gasteiger partial charge on any atom is -0.389 e. The molecule has 108 valence electrons. The lowest BCUT2D eigenvalue weighted by atomic mass is 10.1. The maximum absolute atomic E-state index is 9.93. The van der Waals surface area contributed by atoms with E-state index in [9.17, 15) is 5.11 Å². The van der Waals surface area contributed by atoms with Crippen LogP contribution in [-0.2, 0) is 4.74 Å². The SMILES string of the molecule is CC(C)OCC(O)CN(C)C(C)c1ccccc1Cl. The van der Waals surface area contributed by atoms with Gasteiger partial charge in [0.05, 0.1) is 18.8 Å². The van der Waals surface area contributed by atoms with Crippen LogP contribution in [0.5, 0.6) is 0 Å². The van der Waals surface area contributed by atoms with Gasteiger partial charge in [-0.1, -0.05) is 29.8 Å². The van der Waals surface area contributed by atoms with E-state index in [0.717, 1.165) is 10.6 Å². The van der Waals surface area contributed by atoms with Crippen molar-refractivity contribution in [2.45, 2.75) is 39.0 Å². The molecular formula is C15H24ClNO2. The Morgan fingerprint density at radius 1 is 1.26 bits per heavy atom. The smallest absolute Gasteiger partial charge is 0.0900 e. The highest BCUT2D eigenvalue weighted by molar-refractivity contribution is 6.31. The van der Waals surface area contributed by atoms with Crippen molar-refractivity contribution < 1.29 is 9.84 Å². The summed E-state index contributed by atoms with van der Waals surface area (Å²) in [5.74, 6) is 0. The maximum Gasteiger partial charge on any atom is 0.0900 e. The second-order valence-electron chi connectivity index (χ2n) is 5.17. The third-order valence-corrected chi connectivity index (χ3v) is 3.48. The van der Waals surface area contributed by atoms with Crippen LogP contribution in [-0.4, -0.2) is 42.4 Å². The standard InChI is InChI=1S/C15H24ClNO2/c1-11(2)19-10-13(18)9-17(4)12(3)14-7-5-6-8-15(14)16/h5-8,11-13,18H,9-10H2,1-4H3. The number of nitrogens with zero attached hydrogens (tertiary/aromatic N) is 1. The van der Waals surface area contributed by atoms with Crippen LogP contribution in [0.3, 0.4) is 0 Å². The largest absolute Gasteiger partial charge is 0.389 e. The minimum atomic E-state index is -0.489. The lowest BCUT2D eigenvalue weighted by molar-refractivity contribution is -0.00948. The Hall–Kier alpha value is -0.610. The van der Waals surface area contributed by atoms with Crippen molar-refractivity contribution in [1.82, 2.24) is 4.90 Å². The monoisotopic (exact) mass is 285 g/mol. The topological polar surface area (TPSA) is 32.7 Å². The van der Waals surface area contributed by atoms with E-state index in [0.29, 0.717) is 13.2 Å². The molecule has 1 rings (SSSR count). The molecule has 0 saturated carbocycles. The van der Waals surface area contributed by atoms with Crippen molar-refractivity contribution in [2.75, 3.05) is 20.2 Å². The quantitative estimate of drug-likeness (QED) is 0.835. The summed E-state index contributed by atoms with van der Waals surface area (Å²) in [5.41, 5.74) is 1.07. The molecule has 0 amide bonds. The van der Waals surface area contributed by atoms with E-state index in [1.807, 2.05) is 45.2 Å². The number of rotatable bonds is 7. The van der Waals surface area contributed by atoms with Crippen LogP contribution in [0.15, 0.2) is 24.3 Å². The molecule has 19 heavy (non-hydrogen) atoms. The summed E-state index contributed by atoms with van der Waals surface area (Å²) in [6.45, 7) is 6.92. The molecule has 1 N–H and O–H groups in total. The van der Waals surface area contributed by atoms with E-state index < -0.39 is 6.10 Å². The van der Waals surface area contributed by atoms with Crippen molar-refractivity contribution in [3.05, 3.63) is 34.9 Å². The van der Waals surface area contributed by atoms with Crippen LogP contribution in [0.25, 0.3) is 0 Å². The summed E-state index contributed by atoms with van der Waals surface area (Å²) in [6, 6.07) is 7.95. The molecule has 0 aliphatic carbocycles. The van der Waals surface area contributed by atoms with E-state index in [2.05, 4.69) is 11.8 Å². The number of aliphatic hydroxyl groups is 1. The Labute approximate surface area is 121 Å². The van der Waals surface area contributed by atoms with E-state index in [-0.39, 0.29) is 12.1 Å². The average Bonchev–Trinajstić information content (AvgIpc) is 2.36. The molecule has 2 unspecified atom stereocenters. The van der Waals surface area contributed by atoms with Gasteiger partial charge < -0.3 is 9.84 Å². The highest BCUT2D eigenvalue weighted by Gasteiger charge is 2.17. The summed E-state index contributed by atoms with van der Waals surface area (Å²) in [6.07, 6.45) is -0.349. The Kier molecular flexibility index (Phi) is 6.80. The zero-order chi connectivity index (χ0) is 14.4. The maximum atomic E-state index is 9.93. The van der Waals surface area contributed by atoms with Gasteiger partial charge in [-0.2, -0.15) is 0 Å². The summed E-state index contributed by atoms with van der Waals surface area (Å²) >= 11 is 6.19. The normalized spacial score (nSPS) is 14.9. The molecule has 1 aromatic carbocycles. The lowest BCUT2D eigenvalue weighted by Crippen LogP contribution is -2.34. The highest BCUT2D eigenvalue weighted by Crippen LogP contribution is 2.26. The molecule has 0 aromatic heterocycles. The molecule has 3 nitrogen and oxygen atoms in total. The van der Waals surface area contributed by atoms with Crippen LogP contribution in [0.4, 0.5) is 0 Å². The van der Waals surface area contributed by atoms with Gasteiger partial charge in [-0.15, -0.1) is 0 Å². The molecule has 0 spiro atoms. The number of benzene rings is 1. The van der Waals surface area contributed by atoms with Crippen LogP contribution < -0.4 is 0 Å². The predicted octanol–water partition coefficient (Wildman–Crippen LogP) is 3.12. The van der Waals surface area contributed by atoms with Crippen LogP contribution in [0, 0.1) is 0 Å². The molecular weight excluding hydrogens is 262 g/mol.